The van der Waals surface area contributed by atoms with Gasteiger partial charge in [0.05, 0.1) is 0 Å². The van der Waals surface area contributed by atoms with Crippen LogP contribution in [0.15, 0.2) is 10.3 Å². The number of halogens is 1. The van der Waals surface area contributed by atoms with Crippen molar-refractivity contribution < 1.29 is 8.42 Å². The van der Waals surface area contributed by atoms with Crippen LogP contribution in [0.2, 0.25) is 0 Å². The highest BCUT2D eigenvalue weighted by Gasteiger charge is 2.37. The lowest BCUT2D eigenvalue weighted by Crippen LogP contribution is -2.51. The average Bonchev–Trinajstić information content (AvgIpc) is 2.86. The van der Waals surface area contributed by atoms with E-state index in [4.69, 9.17) is 5.73 Å². The monoisotopic (exact) mass is 324 g/mol. The summed E-state index contributed by atoms with van der Waals surface area (Å²) in [5.74, 6) is 0. The maximum Gasteiger partial charge on any atom is 0.250 e. The van der Waals surface area contributed by atoms with Gasteiger partial charge in [-0.05, 0) is 38.3 Å². The third kappa shape index (κ3) is 3.49. The fourth-order valence-electron chi connectivity index (χ4n) is 2.62. The number of hydrogen-bond donors (Lipinski definition) is 2. The molecule has 0 saturated heterocycles. The van der Waals surface area contributed by atoms with Gasteiger partial charge in [0, 0.05) is 17.0 Å². The summed E-state index contributed by atoms with van der Waals surface area (Å²) in [6, 6.07) is 1.91. The van der Waals surface area contributed by atoms with E-state index in [1.54, 1.807) is 0 Å². The van der Waals surface area contributed by atoms with Crippen molar-refractivity contribution in [3.05, 3.63) is 16.5 Å². The predicted octanol–water partition coefficient (Wildman–Crippen LogP) is 2.34. The first kappa shape index (κ1) is 16.9. The van der Waals surface area contributed by atoms with Gasteiger partial charge in [0.15, 0.2) is 0 Å². The summed E-state index contributed by atoms with van der Waals surface area (Å²) in [6.45, 7) is 4.13. The van der Waals surface area contributed by atoms with Gasteiger partial charge in [-0.15, -0.1) is 23.7 Å². The van der Waals surface area contributed by atoms with Gasteiger partial charge in [0.2, 0.25) is 0 Å². The highest BCUT2D eigenvalue weighted by molar-refractivity contribution is 7.91. The number of rotatable bonds is 4. The summed E-state index contributed by atoms with van der Waals surface area (Å²) in [6.07, 6.45) is 3.77. The molecule has 0 aliphatic heterocycles. The van der Waals surface area contributed by atoms with Crippen LogP contribution in [0.3, 0.4) is 0 Å². The van der Waals surface area contributed by atoms with Crippen molar-refractivity contribution in [2.75, 3.05) is 6.54 Å². The number of nitrogens with two attached hydrogens (primary N) is 1. The van der Waals surface area contributed by atoms with E-state index in [0.29, 0.717) is 10.8 Å². The van der Waals surface area contributed by atoms with Crippen LogP contribution in [0.5, 0.6) is 0 Å². The molecular formula is C12H21ClN2O2S2. The van der Waals surface area contributed by atoms with E-state index in [1.807, 2.05) is 19.9 Å². The van der Waals surface area contributed by atoms with Crippen molar-refractivity contribution in [3.8, 4) is 0 Å². The van der Waals surface area contributed by atoms with Gasteiger partial charge in [0.1, 0.15) is 4.21 Å². The van der Waals surface area contributed by atoms with E-state index < -0.39 is 15.6 Å². The van der Waals surface area contributed by atoms with Gasteiger partial charge >= 0.3 is 0 Å². The molecule has 0 spiro atoms. The number of hydrogen-bond acceptors (Lipinski definition) is 4. The molecule has 0 atom stereocenters. The molecule has 1 saturated carbocycles. The van der Waals surface area contributed by atoms with Gasteiger partial charge in [-0.25, -0.2) is 13.1 Å². The first-order valence-electron chi connectivity index (χ1n) is 6.20. The SMILES string of the molecule is Cc1cc(C)c(S(=O)(=O)NC2(CN)CCCC2)s1.Cl. The van der Waals surface area contributed by atoms with E-state index in [9.17, 15) is 8.42 Å². The standard InChI is InChI=1S/C12H20N2O2S2.ClH/c1-9-7-10(2)17-11(9)18(15,16)14-12(8-13)5-3-4-6-12;/h7,14H,3-6,8,13H2,1-2H3;1H. The highest BCUT2D eigenvalue weighted by atomic mass is 35.5. The number of aryl methyl sites for hydroxylation is 2. The molecule has 1 fully saturated rings. The summed E-state index contributed by atoms with van der Waals surface area (Å²) in [5, 5.41) is 0. The minimum atomic E-state index is -3.44. The molecule has 3 N–H and O–H groups in total. The lowest BCUT2D eigenvalue weighted by molar-refractivity contribution is 0.400. The topological polar surface area (TPSA) is 72.2 Å². The summed E-state index contributed by atoms with van der Waals surface area (Å²) in [4.78, 5) is 1.01. The Balaban J connectivity index is 0.00000180. The summed E-state index contributed by atoms with van der Waals surface area (Å²) in [7, 11) is -3.44. The highest BCUT2D eigenvalue weighted by Crippen LogP contribution is 2.32. The van der Waals surface area contributed by atoms with Crippen molar-refractivity contribution in [3.63, 3.8) is 0 Å². The zero-order chi connectivity index (χ0) is 13.4. The normalized spacial score (nSPS) is 18.3. The summed E-state index contributed by atoms with van der Waals surface area (Å²) < 4.78 is 28.1. The zero-order valence-electron chi connectivity index (χ0n) is 11.2. The van der Waals surface area contributed by atoms with Crippen LogP contribution in [0.1, 0.15) is 36.1 Å². The Labute approximate surface area is 125 Å². The first-order valence-corrected chi connectivity index (χ1v) is 8.50. The molecule has 4 nitrogen and oxygen atoms in total. The molecule has 7 heteroatoms. The summed E-state index contributed by atoms with van der Waals surface area (Å²) >= 11 is 1.32. The van der Waals surface area contributed by atoms with E-state index in [2.05, 4.69) is 4.72 Å². The molecule has 0 amide bonds. The van der Waals surface area contributed by atoms with Crippen molar-refractivity contribution >= 4 is 33.8 Å². The van der Waals surface area contributed by atoms with E-state index in [1.165, 1.54) is 11.3 Å². The molecule has 2 rings (SSSR count). The molecule has 0 radical (unpaired) electrons. The molecule has 0 bridgehead atoms. The van der Waals surface area contributed by atoms with Gasteiger partial charge < -0.3 is 5.73 Å². The predicted molar refractivity (Wildman–Crippen MR) is 81.6 cm³/mol. The number of sulfonamides is 1. The number of thiophene rings is 1. The average molecular weight is 325 g/mol. The maximum atomic E-state index is 12.4. The Hall–Kier alpha value is -0.140. The Morgan fingerprint density at radius 2 is 1.95 bits per heavy atom. The molecule has 1 aliphatic rings. The molecule has 0 aromatic carbocycles. The zero-order valence-corrected chi connectivity index (χ0v) is 13.7. The Bertz CT molecular complexity index is 534. The van der Waals surface area contributed by atoms with E-state index in [0.717, 1.165) is 36.1 Å². The molecule has 0 unspecified atom stereocenters. The second kappa shape index (κ2) is 6.10. The van der Waals surface area contributed by atoms with Crippen LogP contribution in [0.4, 0.5) is 0 Å². The molecular weight excluding hydrogens is 304 g/mol. The molecule has 110 valence electrons. The number of nitrogens with one attached hydrogen (secondary N) is 1. The third-order valence-corrected chi connectivity index (χ3v) is 6.91. The Morgan fingerprint density at radius 3 is 2.37 bits per heavy atom. The summed E-state index contributed by atoms with van der Waals surface area (Å²) in [5.41, 5.74) is 6.16. The molecule has 1 aliphatic carbocycles. The van der Waals surface area contributed by atoms with Gasteiger partial charge in [-0.2, -0.15) is 0 Å². The van der Waals surface area contributed by atoms with Crippen molar-refractivity contribution in [1.82, 2.24) is 4.72 Å². The molecule has 19 heavy (non-hydrogen) atoms. The van der Waals surface area contributed by atoms with Crippen LogP contribution < -0.4 is 10.5 Å². The van der Waals surface area contributed by atoms with Crippen molar-refractivity contribution in [2.24, 2.45) is 5.73 Å². The Kier molecular flexibility index (Phi) is 5.43. The minimum Gasteiger partial charge on any atom is -0.329 e. The first-order chi connectivity index (χ1) is 8.38. The third-order valence-electron chi connectivity index (χ3n) is 3.54. The van der Waals surface area contributed by atoms with Crippen molar-refractivity contribution in [2.45, 2.75) is 49.3 Å². The second-order valence-corrected chi connectivity index (χ2v) is 8.26. The fourth-order valence-corrected chi connectivity index (χ4v) is 5.76. The van der Waals surface area contributed by atoms with E-state index >= 15 is 0 Å². The fraction of sp³-hybridized carbons (Fsp3) is 0.667. The van der Waals surface area contributed by atoms with Crippen LogP contribution in [0.25, 0.3) is 0 Å². The quantitative estimate of drug-likeness (QED) is 0.893. The second-order valence-electron chi connectivity index (χ2n) is 5.12. The van der Waals surface area contributed by atoms with Crippen LogP contribution in [-0.4, -0.2) is 20.5 Å². The lowest BCUT2D eigenvalue weighted by Gasteiger charge is -2.28. The van der Waals surface area contributed by atoms with E-state index in [-0.39, 0.29) is 12.4 Å². The van der Waals surface area contributed by atoms with Gasteiger partial charge in [0.25, 0.3) is 10.0 Å². The largest absolute Gasteiger partial charge is 0.329 e. The molecule has 1 heterocycles. The smallest absolute Gasteiger partial charge is 0.250 e. The lowest BCUT2D eigenvalue weighted by atomic mass is 10.0. The van der Waals surface area contributed by atoms with Gasteiger partial charge in [-0.3, -0.25) is 0 Å². The molecule has 1 aromatic rings. The van der Waals surface area contributed by atoms with Crippen molar-refractivity contribution in [1.29, 1.82) is 0 Å². The van der Waals surface area contributed by atoms with Crippen LogP contribution in [0, 0.1) is 13.8 Å². The molecule has 1 aromatic heterocycles. The Morgan fingerprint density at radius 1 is 1.37 bits per heavy atom. The minimum absolute atomic E-state index is 0. The van der Waals surface area contributed by atoms with Gasteiger partial charge in [-0.1, -0.05) is 12.8 Å². The maximum absolute atomic E-state index is 12.4. The van der Waals surface area contributed by atoms with Crippen LogP contribution >= 0.6 is 23.7 Å². The van der Waals surface area contributed by atoms with Crippen LogP contribution in [-0.2, 0) is 10.0 Å².